The minimum absolute atomic E-state index is 1.90. The van der Waals surface area contributed by atoms with Crippen LogP contribution in [0, 0.1) is 0 Å². The first-order valence-corrected chi connectivity index (χ1v) is 6.67. The molecule has 7 heteroatoms. The average Bonchev–Trinajstić information content (AvgIpc) is 1.62. The van der Waals surface area contributed by atoms with Crippen molar-refractivity contribution in [2.24, 2.45) is 0 Å². The molecule has 0 aromatic rings. The average molecular weight is 215 g/mol. The predicted molar refractivity (Wildman–Crippen MR) is 33.7 cm³/mol. The SMILES string of the molecule is FC(F)=C(F)[Si](Cl)(Cl)Cl. The maximum Gasteiger partial charge on any atom is 0.409 e. The van der Waals surface area contributed by atoms with Gasteiger partial charge in [-0.2, -0.15) is 8.78 Å². The van der Waals surface area contributed by atoms with Crippen molar-refractivity contribution in [3.8, 4) is 0 Å². The lowest BCUT2D eigenvalue weighted by Crippen LogP contribution is -2.11. The summed E-state index contributed by atoms with van der Waals surface area (Å²) in [4.78, 5) is 0. The van der Waals surface area contributed by atoms with E-state index in [1.165, 1.54) is 0 Å². The Morgan fingerprint density at radius 2 is 1.33 bits per heavy atom. The number of hydrogen-bond donors (Lipinski definition) is 0. The fraction of sp³-hybridized carbons (Fsp3) is 0. The Hall–Kier alpha value is 0.617. The van der Waals surface area contributed by atoms with Gasteiger partial charge in [-0.3, -0.25) is 0 Å². The molecule has 0 nitrogen and oxygen atoms in total. The van der Waals surface area contributed by atoms with Crippen molar-refractivity contribution < 1.29 is 13.2 Å². The fourth-order valence-corrected chi connectivity index (χ4v) is 0.964. The van der Waals surface area contributed by atoms with Gasteiger partial charge in [0.05, 0.1) is 0 Å². The molecule has 0 amide bonds. The van der Waals surface area contributed by atoms with Gasteiger partial charge in [-0.25, -0.2) is 4.39 Å². The van der Waals surface area contributed by atoms with Gasteiger partial charge in [0, 0.05) is 0 Å². The molecule has 0 radical (unpaired) electrons. The molecular weight excluding hydrogens is 215 g/mol. The Bertz CT molecular complexity index is 134. The third-order valence-corrected chi connectivity index (χ3v) is 2.59. The second-order valence-electron chi connectivity index (χ2n) is 1.07. The third-order valence-electron chi connectivity index (χ3n) is 0.415. The molecule has 0 atom stereocenters. The van der Waals surface area contributed by atoms with Crippen LogP contribution in [0.25, 0.3) is 0 Å². The molecule has 0 aliphatic carbocycles. The molecule has 0 aromatic carbocycles. The lowest BCUT2D eigenvalue weighted by Gasteiger charge is -2.00. The summed E-state index contributed by atoms with van der Waals surface area (Å²) in [6, 6.07) is -3.94. The van der Waals surface area contributed by atoms with Gasteiger partial charge in [0.1, 0.15) is 0 Å². The van der Waals surface area contributed by atoms with Crippen molar-refractivity contribution >= 4 is 39.2 Å². The normalized spacial score (nSPS) is 11.3. The van der Waals surface area contributed by atoms with E-state index in [2.05, 4.69) is 0 Å². The monoisotopic (exact) mass is 214 g/mol. The zero-order valence-electron chi connectivity index (χ0n) is 3.77. The van der Waals surface area contributed by atoms with E-state index in [-0.39, 0.29) is 0 Å². The smallest absolute Gasteiger partial charge is 0.207 e. The summed E-state index contributed by atoms with van der Waals surface area (Å²) >= 11 is 14.5. The van der Waals surface area contributed by atoms with E-state index >= 15 is 0 Å². The van der Waals surface area contributed by atoms with E-state index in [1.807, 2.05) is 0 Å². The lowest BCUT2D eigenvalue weighted by atomic mass is 11.1. The van der Waals surface area contributed by atoms with E-state index in [4.69, 9.17) is 33.2 Å². The molecule has 0 aliphatic heterocycles. The number of rotatable bonds is 1. The van der Waals surface area contributed by atoms with Crippen LogP contribution in [0.2, 0.25) is 0 Å². The van der Waals surface area contributed by atoms with Gasteiger partial charge in [0.15, 0.2) is 5.45 Å². The van der Waals surface area contributed by atoms with E-state index < -0.39 is 17.5 Å². The Kier molecular flexibility index (Phi) is 3.36. The van der Waals surface area contributed by atoms with Gasteiger partial charge in [-0.15, -0.1) is 33.2 Å². The molecule has 0 saturated carbocycles. The van der Waals surface area contributed by atoms with Gasteiger partial charge >= 0.3 is 12.1 Å². The summed E-state index contributed by atoms with van der Waals surface area (Å²) in [6.07, 6.45) is -2.55. The Balaban J connectivity index is 4.40. The van der Waals surface area contributed by atoms with Crippen LogP contribution in [0.3, 0.4) is 0 Å². The highest BCUT2D eigenvalue weighted by Crippen LogP contribution is 2.32. The van der Waals surface area contributed by atoms with Crippen molar-refractivity contribution in [1.29, 1.82) is 0 Å². The molecule has 0 fully saturated rings. The van der Waals surface area contributed by atoms with E-state index in [1.54, 1.807) is 0 Å². The molecule has 0 saturated heterocycles. The summed E-state index contributed by atoms with van der Waals surface area (Å²) < 4.78 is 34.2. The van der Waals surface area contributed by atoms with Crippen LogP contribution in [-0.4, -0.2) is 6.00 Å². The molecule has 0 heterocycles. The molecule has 0 aliphatic rings. The minimum atomic E-state index is -3.94. The highest BCUT2D eigenvalue weighted by atomic mass is 35.8. The van der Waals surface area contributed by atoms with Crippen molar-refractivity contribution in [1.82, 2.24) is 0 Å². The highest BCUT2D eigenvalue weighted by Gasteiger charge is 2.36. The van der Waals surface area contributed by atoms with Crippen LogP contribution in [-0.2, 0) is 0 Å². The zero-order chi connectivity index (χ0) is 7.65. The van der Waals surface area contributed by atoms with Crippen LogP contribution < -0.4 is 0 Å². The van der Waals surface area contributed by atoms with Gasteiger partial charge in [0.2, 0.25) is 0 Å². The van der Waals surface area contributed by atoms with Crippen molar-refractivity contribution in [2.45, 2.75) is 0 Å². The van der Waals surface area contributed by atoms with E-state index in [0.29, 0.717) is 0 Å². The molecule has 9 heavy (non-hydrogen) atoms. The first-order chi connectivity index (χ1) is 3.85. The molecule has 0 bridgehead atoms. The molecule has 0 unspecified atom stereocenters. The quantitative estimate of drug-likeness (QED) is 0.465. The summed E-state index contributed by atoms with van der Waals surface area (Å²) in [5, 5.41) is 0. The van der Waals surface area contributed by atoms with Crippen LogP contribution in [0.4, 0.5) is 13.2 Å². The first kappa shape index (κ1) is 9.62. The summed E-state index contributed by atoms with van der Waals surface area (Å²) in [5.74, 6) is 0. The molecule has 0 aromatic heterocycles. The summed E-state index contributed by atoms with van der Waals surface area (Å²) in [5.41, 5.74) is -1.90. The Morgan fingerprint density at radius 1 is 1.00 bits per heavy atom. The van der Waals surface area contributed by atoms with Crippen molar-refractivity contribution in [3.63, 3.8) is 0 Å². The second-order valence-corrected chi connectivity index (χ2v) is 9.35. The molecular formula is C2Cl3F3Si. The summed E-state index contributed by atoms with van der Waals surface area (Å²) in [7, 11) is 0. The topological polar surface area (TPSA) is 0 Å². The highest BCUT2D eigenvalue weighted by molar-refractivity contribution is 7.67. The first-order valence-electron chi connectivity index (χ1n) is 1.63. The minimum Gasteiger partial charge on any atom is -0.207 e. The molecule has 0 rings (SSSR count). The maximum atomic E-state index is 11.8. The zero-order valence-corrected chi connectivity index (χ0v) is 7.04. The maximum absolute atomic E-state index is 11.8. The van der Waals surface area contributed by atoms with Gasteiger partial charge in [0.25, 0.3) is 0 Å². The predicted octanol–water partition coefficient (Wildman–Crippen LogP) is 3.26. The van der Waals surface area contributed by atoms with Gasteiger partial charge < -0.3 is 0 Å². The molecule has 0 spiro atoms. The number of halogens is 6. The van der Waals surface area contributed by atoms with Crippen molar-refractivity contribution in [3.05, 3.63) is 11.5 Å². The fourth-order valence-electron chi connectivity index (χ4n) is 0.107. The van der Waals surface area contributed by atoms with E-state index in [9.17, 15) is 13.2 Å². The standard InChI is InChI=1S/C2Cl3F3Si/c3-9(4,5)2(8)1(6)7. The van der Waals surface area contributed by atoms with Crippen LogP contribution in [0.15, 0.2) is 11.5 Å². The Labute approximate surface area is 64.3 Å². The summed E-state index contributed by atoms with van der Waals surface area (Å²) in [6.45, 7) is 0. The van der Waals surface area contributed by atoms with Crippen LogP contribution in [0.5, 0.6) is 0 Å². The number of hydrogen-bond acceptors (Lipinski definition) is 0. The third kappa shape index (κ3) is 3.35. The largest absolute Gasteiger partial charge is 0.409 e. The lowest BCUT2D eigenvalue weighted by molar-refractivity contribution is 0.392. The molecule has 54 valence electrons. The Morgan fingerprint density at radius 3 is 1.33 bits per heavy atom. The van der Waals surface area contributed by atoms with Gasteiger partial charge in [-0.05, 0) is 0 Å². The second kappa shape index (κ2) is 3.14. The van der Waals surface area contributed by atoms with Crippen LogP contribution in [0.1, 0.15) is 0 Å². The van der Waals surface area contributed by atoms with Crippen LogP contribution >= 0.6 is 33.2 Å². The molecule has 0 N–H and O–H groups in total. The van der Waals surface area contributed by atoms with E-state index in [0.717, 1.165) is 0 Å². The van der Waals surface area contributed by atoms with Gasteiger partial charge in [-0.1, -0.05) is 0 Å². The van der Waals surface area contributed by atoms with Crippen molar-refractivity contribution in [2.75, 3.05) is 0 Å².